The molecule has 22 nitrogen and oxygen atoms in total. The molecule has 8 amide bonds. The van der Waals surface area contributed by atoms with E-state index in [0.717, 1.165) is 11.1 Å². The maximum atomic E-state index is 14.0. The topological polar surface area (TPSA) is 296 Å². The number of unbranched alkanes of at least 4 members (excludes halogenated alkanes) is 3. The van der Waals surface area contributed by atoms with Crippen molar-refractivity contribution in [3.8, 4) is 0 Å². The highest BCUT2D eigenvalue weighted by Crippen LogP contribution is 2.14. The number of rotatable bonds is 30. The SMILES string of the molecule is CC(C)(C)OC(=O)NCCCC[C@H](NC(=O)OC(C)(C)C)C(=O)NCCCC[C@H](NC(=O)[C@H](CCCCNC(=O)OC(C)(C)C)NC(=O)OC(C)(C)C)C(=O)NCCC(=O)OCc1ccc(CC(=O)NCc2ccccc2)cc1. The summed E-state index contributed by atoms with van der Waals surface area (Å²) in [6.07, 6.45) is -0.0372. The number of esters is 1. The number of hydrogen-bond acceptors (Lipinski definition) is 14. The summed E-state index contributed by atoms with van der Waals surface area (Å²) in [5.41, 5.74) is -0.604. The van der Waals surface area contributed by atoms with Crippen LogP contribution in [0.25, 0.3) is 0 Å². The van der Waals surface area contributed by atoms with Crippen molar-refractivity contribution >= 4 is 54.0 Å². The van der Waals surface area contributed by atoms with Crippen molar-refractivity contribution in [3.05, 3.63) is 71.3 Å². The van der Waals surface area contributed by atoms with Crippen LogP contribution in [0.2, 0.25) is 0 Å². The number of nitrogens with one attached hydrogen (secondary N) is 8. The third kappa shape index (κ3) is 34.4. The number of carbonyl (C=O) groups excluding carboxylic acids is 9. The van der Waals surface area contributed by atoms with Crippen LogP contribution in [0.5, 0.6) is 0 Å². The molecule has 0 spiro atoms. The van der Waals surface area contributed by atoms with E-state index in [1.165, 1.54) is 0 Å². The Morgan fingerprint density at radius 2 is 0.797 bits per heavy atom. The zero-order valence-electron chi connectivity index (χ0n) is 48.7. The van der Waals surface area contributed by atoms with Crippen LogP contribution in [0.1, 0.15) is 164 Å². The van der Waals surface area contributed by atoms with Gasteiger partial charge in [-0.3, -0.25) is 24.0 Å². The van der Waals surface area contributed by atoms with Gasteiger partial charge in [-0.05, 0) is 158 Å². The van der Waals surface area contributed by atoms with Crippen molar-refractivity contribution in [2.45, 2.75) is 207 Å². The van der Waals surface area contributed by atoms with Gasteiger partial charge >= 0.3 is 30.3 Å². The lowest BCUT2D eigenvalue weighted by molar-refractivity contribution is -0.145. The van der Waals surface area contributed by atoms with Crippen LogP contribution in [0.15, 0.2) is 54.6 Å². The van der Waals surface area contributed by atoms with E-state index in [2.05, 4.69) is 42.5 Å². The summed E-state index contributed by atoms with van der Waals surface area (Å²) in [4.78, 5) is 117. The number of hydrogen-bond donors (Lipinski definition) is 8. The molecule has 0 aliphatic carbocycles. The fourth-order valence-corrected chi connectivity index (χ4v) is 7.19. The molecule has 22 heteroatoms. The Balaban J connectivity index is 2.13. The van der Waals surface area contributed by atoms with Crippen LogP contribution in [0.3, 0.4) is 0 Å². The monoisotopic (exact) mass is 1110 g/mol. The number of carbonyl (C=O) groups is 9. The molecule has 8 N–H and O–H groups in total. The highest BCUT2D eigenvalue weighted by atomic mass is 16.6. The summed E-state index contributed by atoms with van der Waals surface area (Å²) >= 11 is 0. The molecule has 2 aromatic carbocycles. The van der Waals surface area contributed by atoms with Crippen molar-refractivity contribution in [1.82, 2.24) is 42.5 Å². The smallest absolute Gasteiger partial charge is 0.408 e. The van der Waals surface area contributed by atoms with Crippen molar-refractivity contribution < 1.29 is 66.8 Å². The summed E-state index contributed by atoms with van der Waals surface area (Å²) in [7, 11) is 0. The van der Waals surface area contributed by atoms with Crippen molar-refractivity contribution in [3.63, 3.8) is 0 Å². The van der Waals surface area contributed by atoms with E-state index in [4.69, 9.17) is 23.7 Å². The fourth-order valence-electron chi connectivity index (χ4n) is 7.19. The minimum atomic E-state index is -1.16. The predicted octanol–water partition coefficient (Wildman–Crippen LogP) is 7.04. The third-order valence-electron chi connectivity index (χ3n) is 10.8. The minimum Gasteiger partial charge on any atom is -0.461 e. The Kier molecular flexibility index (Phi) is 29.3. The zero-order valence-corrected chi connectivity index (χ0v) is 48.7. The second-order valence-corrected chi connectivity index (χ2v) is 23.1. The average Bonchev–Trinajstić information content (AvgIpc) is 3.32. The first-order chi connectivity index (χ1) is 36.9. The van der Waals surface area contributed by atoms with E-state index in [-0.39, 0.29) is 70.8 Å². The predicted molar refractivity (Wildman–Crippen MR) is 297 cm³/mol. The van der Waals surface area contributed by atoms with Gasteiger partial charge < -0.3 is 66.2 Å². The van der Waals surface area contributed by atoms with Gasteiger partial charge in [0, 0.05) is 32.7 Å². The van der Waals surface area contributed by atoms with Gasteiger partial charge in [0.25, 0.3) is 0 Å². The molecule has 2 rings (SSSR count). The lowest BCUT2D eigenvalue weighted by atomic mass is 10.1. The Morgan fingerprint density at radius 1 is 0.405 bits per heavy atom. The normalized spacial score (nSPS) is 12.7. The molecule has 2 aromatic rings. The minimum absolute atomic E-state index is 0.0449. The highest BCUT2D eigenvalue weighted by Gasteiger charge is 2.29. The first-order valence-electron chi connectivity index (χ1n) is 27.2. The van der Waals surface area contributed by atoms with Crippen LogP contribution in [0.4, 0.5) is 19.2 Å². The van der Waals surface area contributed by atoms with Crippen LogP contribution in [-0.2, 0) is 67.2 Å². The van der Waals surface area contributed by atoms with Gasteiger partial charge in [0.05, 0.1) is 12.8 Å². The molecule has 442 valence electrons. The van der Waals surface area contributed by atoms with Gasteiger partial charge in [-0.25, -0.2) is 19.2 Å². The largest absolute Gasteiger partial charge is 0.461 e. The number of benzene rings is 2. The fraction of sp³-hybridized carbons (Fsp3) is 0.632. The van der Waals surface area contributed by atoms with E-state index < -0.39 is 88.6 Å². The molecule has 79 heavy (non-hydrogen) atoms. The van der Waals surface area contributed by atoms with Gasteiger partial charge in [0.15, 0.2) is 0 Å². The molecule has 0 heterocycles. The number of alkyl carbamates (subject to hydrolysis) is 4. The zero-order chi connectivity index (χ0) is 59.2. The first-order valence-corrected chi connectivity index (χ1v) is 27.2. The van der Waals surface area contributed by atoms with Crippen molar-refractivity contribution in [1.29, 1.82) is 0 Å². The van der Waals surface area contributed by atoms with Gasteiger partial charge in [0.2, 0.25) is 23.6 Å². The molecule has 0 bridgehead atoms. The molecular weight excluding hydrogens is 1020 g/mol. The Hall–Kier alpha value is -7.13. The molecule has 0 saturated heterocycles. The summed E-state index contributed by atoms with van der Waals surface area (Å²) in [6, 6.07) is 13.4. The molecule has 3 atom stereocenters. The average molecular weight is 1110 g/mol. The molecule has 0 aliphatic heterocycles. The lowest BCUT2D eigenvalue weighted by Gasteiger charge is -2.25. The van der Waals surface area contributed by atoms with E-state index in [1.807, 2.05) is 30.3 Å². The van der Waals surface area contributed by atoms with Gasteiger partial charge in [0.1, 0.15) is 47.1 Å². The maximum Gasteiger partial charge on any atom is 0.408 e. The quantitative estimate of drug-likeness (QED) is 0.0221. The Bertz CT molecular complexity index is 2250. The first kappa shape index (κ1) is 68.0. The van der Waals surface area contributed by atoms with Crippen LogP contribution >= 0.6 is 0 Å². The molecule has 0 aromatic heterocycles. The van der Waals surface area contributed by atoms with Crippen LogP contribution in [0, 0.1) is 0 Å². The van der Waals surface area contributed by atoms with E-state index in [0.29, 0.717) is 50.6 Å². The van der Waals surface area contributed by atoms with Gasteiger partial charge in [-0.15, -0.1) is 0 Å². The molecular formula is C57H90N8O14. The van der Waals surface area contributed by atoms with E-state index >= 15 is 0 Å². The second-order valence-electron chi connectivity index (χ2n) is 23.1. The highest BCUT2D eigenvalue weighted by molar-refractivity contribution is 5.91. The van der Waals surface area contributed by atoms with Crippen molar-refractivity contribution in [2.24, 2.45) is 0 Å². The number of amides is 8. The van der Waals surface area contributed by atoms with E-state index in [1.54, 1.807) is 107 Å². The second kappa shape index (κ2) is 34.0. The molecule has 0 aliphatic rings. The Morgan fingerprint density at radius 3 is 1.25 bits per heavy atom. The van der Waals surface area contributed by atoms with Gasteiger partial charge in [-0.2, -0.15) is 0 Å². The van der Waals surface area contributed by atoms with Crippen LogP contribution < -0.4 is 42.5 Å². The summed E-state index contributed by atoms with van der Waals surface area (Å²) in [5, 5.41) is 21.8. The molecule has 0 saturated carbocycles. The molecule has 0 fully saturated rings. The van der Waals surface area contributed by atoms with Gasteiger partial charge in [-0.1, -0.05) is 54.6 Å². The van der Waals surface area contributed by atoms with Crippen molar-refractivity contribution in [2.75, 3.05) is 26.2 Å². The summed E-state index contributed by atoms with van der Waals surface area (Å²) in [6.45, 7) is 21.5. The standard InChI is InChI=1S/C57H90N8O14/c1-54(2,3)76-50(71)60-33-20-17-25-43(64-52(73)78-56(7,8)9)48(69)58-32-19-16-24-42(63-49(70)44(65-53(74)79-57(10,11)12)26-18-21-34-61-51(72)77-55(4,5)6)47(68)59-35-31-46(67)75-38-41-29-27-39(28-30-41)36-45(66)62-37-40-22-14-13-15-23-40/h13-15,22-23,27-30,42-44H,16-21,24-26,31-38H2,1-12H3,(H,58,69)(H,59,68)(H,60,71)(H,61,72)(H,62,66)(H,63,70)(H,64,73)(H,65,74)/t42-,43-,44-/m0/s1. The number of ether oxygens (including phenoxy) is 5. The molecule has 0 unspecified atom stereocenters. The van der Waals surface area contributed by atoms with E-state index in [9.17, 15) is 43.2 Å². The summed E-state index contributed by atoms with van der Waals surface area (Å²) in [5.74, 6) is -2.51. The summed E-state index contributed by atoms with van der Waals surface area (Å²) < 4.78 is 26.9. The lowest BCUT2D eigenvalue weighted by Crippen LogP contribution is -2.54. The molecule has 0 radical (unpaired) electrons. The Labute approximate surface area is 466 Å². The van der Waals surface area contributed by atoms with Crippen LogP contribution in [-0.4, -0.2) is 121 Å². The third-order valence-corrected chi connectivity index (χ3v) is 10.8. The maximum absolute atomic E-state index is 14.0.